The second kappa shape index (κ2) is 5.23. The van der Waals surface area contributed by atoms with Crippen LogP contribution in [-0.4, -0.2) is 15.0 Å². The first-order valence-corrected chi connectivity index (χ1v) is 7.53. The van der Waals surface area contributed by atoms with Gasteiger partial charge in [-0.1, -0.05) is 23.7 Å². The van der Waals surface area contributed by atoms with Crippen molar-refractivity contribution in [3.63, 3.8) is 0 Å². The highest BCUT2D eigenvalue weighted by Gasteiger charge is 2.13. The third-order valence-corrected chi connectivity index (χ3v) is 3.94. The molecule has 0 N–H and O–H groups in total. The lowest BCUT2D eigenvalue weighted by atomic mass is 10.1. The van der Waals surface area contributed by atoms with E-state index in [2.05, 4.69) is 15.0 Å². The van der Waals surface area contributed by atoms with Gasteiger partial charge < -0.3 is 4.42 Å². The minimum absolute atomic E-state index is 0.300. The van der Waals surface area contributed by atoms with Crippen LogP contribution in [0.5, 0.6) is 0 Å². The maximum atomic E-state index is 6.22. The van der Waals surface area contributed by atoms with E-state index < -0.39 is 0 Å². The van der Waals surface area contributed by atoms with Crippen molar-refractivity contribution in [3.8, 4) is 11.5 Å². The number of rotatable bonds is 2. The van der Waals surface area contributed by atoms with Gasteiger partial charge >= 0.3 is 0 Å². The molecule has 0 aliphatic rings. The van der Waals surface area contributed by atoms with Crippen LogP contribution in [-0.2, 0) is 5.88 Å². The minimum Gasteiger partial charge on any atom is -0.444 e. The van der Waals surface area contributed by atoms with Gasteiger partial charge in [0.05, 0.1) is 33.2 Å². The smallest absolute Gasteiger partial charge is 0.228 e. The molecule has 0 aliphatic carbocycles. The summed E-state index contributed by atoms with van der Waals surface area (Å²) in [7, 11) is 0. The zero-order valence-corrected chi connectivity index (χ0v) is 12.8. The Labute approximate surface area is 135 Å². The number of oxazole rings is 1. The van der Waals surface area contributed by atoms with Gasteiger partial charge in [-0.15, -0.1) is 11.6 Å². The summed E-state index contributed by atoms with van der Waals surface area (Å²) in [6, 6.07) is 11.2. The van der Waals surface area contributed by atoms with Crippen LogP contribution in [0.15, 0.2) is 47.1 Å². The molecule has 0 unspecified atom stereocenters. The molecule has 108 valence electrons. The summed E-state index contributed by atoms with van der Waals surface area (Å²) in [6.45, 7) is 0. The number of aromatic nitrogens is 3. The van der Waals surface area contributed by atoms with E-state index in [0.29, 0.717) is 33.5 Å². The molecule has 2 heterocycles. The Morgan fingerprint density at radius 3 is 2.45 bits per heavy atom. The average Bonchev–Trinajstić information content (AvgIpc) is 3.02. The number of hydrogen-bond donors (Lipinski definition) is 0. The first-order chi connectivity index (χ1) is 10.8. The molecule has 2 aromatic carbocycles. The highest BCUT2D eigenvalue weighted by Crippen LogP contribution is 2.29. The van der Waals surface area contributed by atoms with E-state index in [1.54, 1.807) is 12.3 Å². The molecule has 6 heteroatoms. The largest absolute Gasteiger partial charge is 0.444 e. The molecule has 0 spiro atoms. The summed E-state index contributed by atoms with van der Waals surface area (Å²) in [5.74, 6) is 0.774. The predicted molar refractivity (Wildman–Crippen MR) is 87.1 cm³/mol. The van der Waals surface area contributed by atoms with E-state index in [0.717, 1.165) is 16.6 Å². The molecule has 0 bridgehead atoms. The quantitative estimate of drug-likeness (QED) is 0.390. The van der Waals surface area contributed by atoms with Crippen LogP contribution in [0.1, 0.15) is 5.69 Å². The summed E-state index contributed by atoms with van der Waals surface area (Å²) < 4.78 is 5.50. The number of halogens is 2. The van der Waals surface area contributed by atoms with Gasteiger partial charge in [0.2, 0.25) is 5.89 Å². The molecule has 0 fully saturated rings. The summed E-state index contributed by atoms with van der Waals surface area (Å²) in [4.78, 5) is 13.6. The summed E-state index contributed by atoms with van der Waals surface area (Å²) in [5.41, 5.74) is 4.33. The summed E-state index contributed by atoms with van der Waals surface area (Å²) in [5, 5.41) is 0.565. The van der Waals surface area contributed by atoms with E-state index in [9.17, 15) is 0 Å². The Morgan fingerprint density at radius 2 is 1.68 bits per heavy atom. The van der Waals surface area contributed by atoms with Crippen molar-refractivity contribution in [2.75, 3.05) is 0 Å². The highest BCUT2D eigenvalue weighted by atomic mass is 35.5. The fraction of sp³-hybridized carbons (Fsp3) is 0.0625. The van der Waals surface area contributed by atoms with Gasteiger partial charge in [0.1, 0.15) is 17.3 Å². The molecular weight excluding hydrogens is 321 g/mol. The van der Waals surface area contributed by atoms with Gasteiger partial charge in [-0.3, -0.25) is 0 Å². The topological polar surface area (TPSA) is 51.8 Å². The van der Waals surface area contributed by atoms with Crippen LogP contribution in [0.3, 0.4) is 0 Å². The van der Waals surface area contributed by atoms with Gasteiger partial charge in [-0.05, 0) is 24.3 Å². The lowest BCUT2D eigenvalue weighted by Gasteiger charge is -2.05. The molecule has 0 aliphatic heterocycles. The zero-order valence-electron chi connectivity index (χ0n) is 11.3. The molecule has 4 nitrogen and oxygen atoms in total. The van der Waals surface area contributed by atoms with Crippen LogP contribution in [0, 0.1) is 0 Å². The van der Waals surface area contributed by atoms with Crippen LogP contribution in [0.25, 0.3) is 33.5 Å². The van der Waals surface area contributed by atoms with Crippen LogP contribution in [0.4, 0.5) is 0 Å². The lowest BCUT2D eigenvalue weighted by Crippen LogP contribution is -1.91. The maximum Gasteiger partial charge on any atom is 0.228 e. The van der Waals surface area contributed by atoms with E-state index in [1.807, 2.05) is 30.3 Å². The molecule has 0 saturated heterocycles. The van der Waals surface area contributed by atoms with Crippen molar-refractivity contribution >= 4 is 45.3 Å². The van der Waals surface area contributed by atoms with Gasteiger partial charge in [0.15, 0.2) is 0 Å². The summed E-state index contributed by atoms with van der Waals surface area (Å²) in [6.07, 6.45) is 1.54. The van der Waals surface area contributed by atoms with Crippen molar-refractivity contribution in [2.45, 2.75) is 5.88 Å². The van der Waals surface area contributed by atoms with Crippen LogP contribution < -0.4 is 0 Å². The standard InChI is InChI=1S/C16H9Cl2N3O/c17-7-9-8-22-16(19-9)10-3-1-5-12-14(10)21-15-11(18)4-2-6-13(15)20-12/h1-6,8H,7H2. The molecular formula is C16H9Cl2N3O. The van der Waals surface area contributed by atoms with Crippen molar-refractivity contribution in [2.24, 2.45) is 0 Å². The molecule has 0 saturated carbocycles. The Balaban J connectivity index is 2.04. The number of alkyl halides is 1. The third-order valence-electron chi connectivity index (χ3n) is 3.36. The third kappa shape index (κ3) is 2.12. The SMILES string of the molecule is ClCc1coc(-c2cccc3nc4cccc(Cl)c4nc23)n1. The zero-order chi connectivity index (χ0) is 15.1. The number of nitrogens with zero attached hydrogens (tertiary/aromatic N) is 3. The van der Waals surface area contributed by atoms with Gasteiger partial charge in [-0.2, -0.15) is 0 Å². The minimum atomic E-state index is 0.300. The second-order valence-corrected chi connectivity index (χ2v) is 5.46. The first-order valence-electron chi connectivity index (χ1n) is 6.62. The second-order valence-electron chi connectivity index (χ2n) is 4.78. The van der Waals surface area contributed by atoms with E-state index in [-0.39, 0.29) is 0 Å². The molecule has 4 aromatic rings. The first kappa shape index (κ1) is 13.5. The Morgan fingerprint density at radius 1 is 0.909 bits per heavy atom. The number of benzene rings is 2. The van der Waals surface area contributed by atoms with Crippen molar-refractivity contribution < 1.29 is 4.42 Å². The maximum absolute atomic E-state index is 6.22. The van der Waals surface area contributed by atoms with Crippen LogP contribution >= 0.6 is 23.2 Å². The molecule has 22 heavy (non-hydrogen) atoms. The van der Waals surface area contributed by atoms with Gasteiger partial charge in [-0.25, -0.2) is 15.0 Å². The molecule has 4 rings (SSSR count). The van der Waals surface area contributed by atoms with Crippen LogP contribution in [0.2, 0.25) is 5.02 Å². The predicted octanol–water partition coefficient (Wildman–Crippen LogP) is 4.83. The Kier molecular flexibility index (Phi) is 3.21. The molecule has 0 amide bonds. The number of para-hydroxylation sites is 2. The highest BCUT2D eigenvalue weighted by molar-refractivity contribution is 6.35. The fourth-order valence-electron chi connectivity index (χ4n) is 2.35. The lowest BCUT2D eigenvalue weighted by molar-refractivity contribution is 0.574. The normalized spacial score (nSPS) is 11.4. The monoisotopic (exact) mass is 329 g/mol. The van der Waals surface area contributed by atoms with E-state index >= 15 is 0 Å². The summed E-state index contributed by atoms with van der Waals surface area (Å²) >= 11 is 12.0. The Hall–Kier alpha value is -2.17. The van der Waals surface area contributed by atoms with Gasteiger partial charge in [0.25, 0.3) is 0 Å². The fourth-order valence-corrected chi connectivity index (χ4v) is 2.68. The molecule has 0 radical (unpaired) electrons. The van der Waals surface area contributed by atoms with E-state index in [4.69, 9.17) is 27.6 Å². The molecule has 2 aromatic heterocycles. The molecule has 0 atom stereocenters. The average molecular weight is 330 g/mol. The van der Waals surface area contributed by atoms with Gasteiger partial charge in [0, 0.05) is 0 Å². The Bertz CT molecular complexity index is 997. The van der Waals surface area contributed by atoms with E-state index in [1.165, 1.54) is 0 Å². The number of fused-ring (bicyclic) bond motifs is 2. The van der Waals surface area contributed by atoms with Crippen molar-refractivity contribution in [1.82, 2.24) is 15.0 Å². The van der Waals surface area contributed by atoms with Crippen molar-refractivity contribution in [1.29, 1.82) is 0 Å². The van der Waals surface area contributed by atoms with Crippen molar-refractivity contribution in [3.05, 3.63) is 53.4 Å². The number of hydrogen-bond acceptors (Lipinski definition) is 4.